The summed E-state index contributed by atoms with van der Waals surface area (Å²) in [6.45, 7) is 1.91. The average Bonchev–Trinajstić information content (AvgIpc) is 3.23. The summed E-state index contributed by atoms with van der Waals surface area (Å²) in [5, 5.41) is 9.59. The van der Waals surface area contributed by atoms with E-state index in [4.69, 9.17) is 4.74 Å². The smallest absolute Gasteiger partial charge is 0.341 e. The fourth-order valence-electron chi connectivity index (χ4n) is 2.57. The number of methoxy groups -OCH3 is 1. The number of aromatic nitrogens is 1. The number of carbonyl (C=O) groups is 1. The van der Waals surface area contributed by atoms with E-state index in [0.29, 0.717) is 16.7 Å². The van der Waals surface area contributed by atoms with Crippen LogP contribution in [0.5, 0.6) is 5.75 Å². The second-order valence-corrected chi connectivity index (χ2v) is 5.13. The van der Waals surface area contributed by atoms with Crippen molar-refractivity contribution in [3.8, 4) is 5.75 Å². The van der Waals surface area contributed by atoms with Crippen LogP contribution in [0.15, 0.2) is 23.1 Å². The molecule has 0 bridgehead atoms. The number of carboxylic acids is 1. The first kappa shape index (κ1) is 12.7. The van der Waals surface area contributed by atoms with Crippen LogP contribution in [0.3, 0.4) is 0 Å². The van der Waals surface area contributed by atoms with Crippen LogP contribution in [0, 0.1) is 6.92 Å². The Bertz CT molecular complexity index is 772. The topological polar surface area (TPSA) is 68.5 Å². The normalized spacial score (nSPS) is 14.5. The number of ether oxygens (including phenoxy) is 1. The molecule has 1 saturated carbocycles. The standard InChI is InChI=1S/C15H15NO4/c1-8-3-6-10-12(14(8)20-2)16(9-4-5-9)7-11(13(10)17)15(18)19/h3,6-7,9H,4-5H2,1-2H3,(H,18,19). The number of aryl methyl sites for hydroxylation is 1. The van der Waals surface area contributed by atoms with Crippen LogP contribution in [0.25, 0.3) is 10.9 Å². The van der Waals surface area contributed by atoms with E-state index in [9.17, 15) is 14.7 Å². The third-order valence-electron chi connectivity index (χ3n) is 3.72. The van der Waals surface area contributed by atoms with E-state index in [1.807, 2.05) is 11.5 Å². The third-order valence-corrected chi connectivity index (χ3v) is 3.72. The zero-order chi connectivity index (χ0) is 14.4. The molecule has 3 rings (SSSR count). The molecule has 1 fully saturated rings. The molecule has 0 saturated heterocycles. The van der Waals surface area contributed by atoms with E-state index in [2.05, 4.69) is 0 Å². The number of nitrogens with zero attached hydrogens (tertiary/aromatic N) is 1. The highest BCUT2D eigenvalue weighted by atomic mass is 16.5. The molecule has 2 aromatic rings. The minimum Gasteiger partial charge on any atom is -0.494 e. The van der Waals surface area contributed by atoms with Crippen LogP contribution in [0.2, 0.25) is 0 Å². The molecule has 1 heterocycles. The minimum absolute atomic E-state index is 0.185. The van der Waals surface area contributed by atoms with Crippen LogP contribution in [0.4, 0.5) is 0 Å². The summed E-state index contributed by atoms with van der Waals surface area (Å²) in [5.41, 5.74) is 0.986. The lowest BCUT2D eigenvalue weighted by Gasteiger charge is -2.16. The Hall–Kier alpha value is -2.30. The minimum atomic E-state index is -1.19. The van der Waals surface area contributed by atoms with Crippen LogP contribution in [0.1, 0.15) is 34.8 Å². The Morgan fingerprint density at radius 1 is 1.40 bits per heavy atom. The van der Waals surface area contributed by atoms with Gasteiger partial charge >= 0.3 is 5.97 Å². The maximum atomic E-state index is 12.3. The fourth-order valence-corrected chi connectivity index (χ4v) is 2.57. The lowest BCUT2D eigenvalue weighted by molar-refractivity contribution is 0.0695. The molecule has 0 amide bonds. The summed E-state index contributed by atoms with van der Waals surface area (Å²) in [7, 11) is 1.56. The van der Waals surface area contributed by atoms with Gasteiger partial charge in [-0.2, -0.15) is 0 Å². The average molecular weight is 273 g/mol. The number of fused-ring (bicyclic) bond motifs is 1. The molecule has 5 nitrogen and oxygen atoms in total. The monoisotopic (exact) mass is 273 g/mol. The summed E-state index contributed by atoms with van der Waals surface area (Å²) in [6, 6.07) is 3.72. The van der Waals surface area contributed by atoms with Gasteiger partial charge in [-0.15, -0.1) is 0 Å². The van der Waals surface area contributed by atoms with E-state index >= 15 is 0 Å². The molecule has 1 N–H and O–H groups in total. The summed E-state index contributed by atoms with van der Waals surface area (Å²) in [5.74, 6) is -0.547. The number of rotatable bonds is 3. The number of aromatic carboxylic acids is 1. The van der Waals surface area contributed by atoms with Gasteiger partial charge in [0, 0.05) is 12.2 Å². The van der Waals surface area contributed by atoms with Crippen molar-refractivity contribution in [2.24, 2.45) is 0 Å². The molecule has 1 aliphatic carbocycles. The quantitative estimate of drug-likeness (QED) is 0.932. The molecule has 104 valence electrons. The second-order valence-electron chi connectivity index (χ2n) is 5.13. The van der Waals surface area contributed by atoms with E-state index in [1.165, 1.54) is 6.20 Å². The van der Waals surface area contributed by atoms with Gasteiger partial charge in [0.15, 0.2) is 0 Å². The second kappa shape index (κ2) is 4.37. The van der Waals surface area contributed by atoms with Crippen molar-refractivity contribution < 1.29 is 14.6 Å². The van der Waals surface area contributed by atoms with E-state index in [-0.39, 0.29) is 11.6 Å². The van der Waals surface area contributed by atoms with Crippen molar-refractivity contribution in [3.05, 3.63) is 39.7 Å². The van der Waals surface area contributed by atoms with Gasteiger partial charge < -0.3 is 14.4 Å². The van der Waals surface area contributed by atoms with Crippen molar-refractivity contribution in [2.45, 2.75) is 25.8 Å². The molecule has 20 heavy (non-hydrogen) atoms. The molecule has 1 aliphatic rings. The number of pyridine rings is 1. The summed E-state index contributed by atoms with van der Waals surface area (Å²) < 4.78 is 7.31. The fraction of sp³-hybridized carbons (Fsp3) is 0.333. The molecule has 1 aromatic carbocycles. The van der Waals surface area contributed by atoms with Crippen molar-refractivity contribution in [3.63, 3.8) is 0 Å². The molecule has 0 spiro atoms. The van der Waals surface area contributed by atoms with Gasteiger partial charge in [0.1, 0.15) is 11.3 Å². The molecule has 0 unspecified atom stereocenters. The zero-order valence-corrected chi connectivity index (χ0v) is 11.3. The van der Waals surface area contributed by atoms with Crippen LogP contribution >= 0.6 is 0 Å². The highest BCUT2D eigenvalue weighted by molar-refractivity contribution is 5.94. The van der Waals surface area contributed by atoms with Gasteiger partial charge in [0.05, 0.1) is 18.0 Å². The summed E-state index contributed by atoms with van der Waals surface area (Å²) in [4.78, 5) is 23.5. The molecule has 0 aliphatic heterocycles. The Balaban J connectivity index is 2.48. The van der Waals surface area contributed by atoms with Crippen LogP contribution in [-0.2, 0) is 0 Å². The summed E-state index contributed by atoms with van der Waals surface area (Å²) >= 11 is 0. The Kier molecular flexibility index (Phi) is 2.78. The van der Waals surface area contributed by atoms with E-state index in [0.717, 1.165) is 18.4 Å². The molecular weight excluding hydrogens is 258 g/mol. The Labute approximate surface area is 115 Å². The Morgan fingerprint density at radius 2 is 2.10 bits per heavy atom. The SMILES string of the molecule is COc1c(C)ccc2c(=O)c(C(=O)O)cn(C3CC3)c12. The molecule has 5 heteroatoms. The summed E-state index contributed by atoms with van der Waals surface area (Å²) in [6.07, 6.45) is 3.44. The lowest BCUT2D eigenvalue weighted by Crippen LogP contribution is -2.19. The molecule has 0 radical (unpaired) electrons. The van der Waals surface area contributed by atoms with Crippen molar-refractivity contribution in [2.75, 3.05) is 7.11 Å². The largest absolute Gasteiger partial charge is 0.494 e. The number of hydrogen-bond donors (Lipinski definition) is 1. The highest BCUT2D eigenvalue weighted by Gasteiger charge is 2.28. The van der Waals surface area contributed by atoms with Gasteiger partial charge in [-0.25, -0.2) is 4.79 Å². The van der Waals surface area contributed by atoms with E-state index < -0.39 is 11.4 Å². The number of hydrogen-bond acceptors (Lipinski definition) is 3. The van der Waals surface area contributed by atoms with Crippen molar-refractivity contribution in [1.29, 1.82) is 0 Å². The predicted molar refractivity (Wildman–Crippen MR) is 74.7 cm³/mol. The van der Waals surface area contributed by atoms with Crippen molar-refractivity contribution in [1.82, 2.24) is 4.57 Å². The maximum absolute atomic E-state index is 12.3. The first-order chi connectivity index (χ1) is 9.54. The Morgan fingerprint density at radius 3 is 2.65 bits per heavy atom. The van der Waals surface area contributed by atoms with Gasteiger partial charge in [-0.05, 0) is 31.4 Å². The number of carboxylic acid groups (broad SMARTS) is 1. The first-order valence-electron chi connectivity index (χ1n) is 6.50. The van der Waals surface area contributed by atoms with Gasteiger partial charge in [-0.1, -0.05) is 6.07 Å². The van der Waals surface area contributed by atoms with Gasteiger partial charge in [-0.3, -0.25) is 4.79 Å². The van der Waals surface area contributed by atoms with E-state index in [1.54, 1.807) is 19.2 Å². The van der Waals surface area contributed by atoms with Gasteiger partial charge in [0.2, 0.25) is 5.43 Å². The van der Waals surface area contributed by atoms with Crippen LogP contribution in [-0.4, -0.2) is 22.8 Å². The third kappa shape index (κ3) is 1.78. The highest BCUT2D eigenvalue weighted by Crippen LogP contribution is 2.40. The van der Waals surface area contributed by atoms with Crippen LogP contribution < -0.4 is 10.2 Å². The lowest BCUT2D eigenvalue weighted by atomic mass is 10.1. The molecular formula is C15H15NO4. The first-order valence-corrected chi connectivity index (χ1v) is 6.50. The predicted octanol–water partition coefficient (Wildman–Crippen LogP) is 2.35. The maximum Gasteiger partial charge on any atom is 0.341 e. The van der Waals surface area contributed by atoms with Crippen molar-refractivity contribution >= 4 is 16.9 Å². The molecule has 0 atom stereocenters. The zero-order valence-electron chi connectivity index (χ0n) is 11.3. The number of benzene rings is 1. The van der Waals surface area contributed by atoms with Gasteiger partial charge in [0.25, 0.3) is 0 Å². The molecule has 1 aromatic heterocycles.